The summed E-state index contributed by atoms with van der Waals surface area (Å²) in [6.45, 7) is 3.74. The number of benzene rings is 2. The van der Waals surface area contributed by atoms with Crippen LogP contribution >= 0.6 is 0 Å². The molecule has 0 atom stereocenters. The van der Waals surface area contributed by atoms with Crippen LogP contribution in [0.2, 0.25) is 0 Å². The van der Waals surface area contributed by atoms with Crippen LogP contribution in [-0.4, -0.2) is 24.7 Å². The molecule has 0 aliphatic heterocycles. The Morgan fingerprint density at radius 1 is 1.04 bits per heavy atom. The SMILES string of the molecule is CN=C(NCCCc1ccc(O)cc1)NCc1ccccc1C. The number of aryl methyl sites for hydroxylation is 2. The molecule has 0 aromatic heterocycles. The van der Waals surface area contributed by atoms with Gasteiger partial charge in [-0.25, -0.2) is 0 Å². The van der Waals surface area contributed by atoms with Gasteiger partial charge in [0.25, 0.3) is 0 Å². The van der Waals surface area contributed by atoms with Gasteiger partial charge >= 0.3 is 0 Å². The first-order valence-corrected chi connectivity index (χ1v) is 7.96. The molecule has 0 unspecified atom stereocenters. The normalized spacial score (nSPS) is 11.3. The average Bonchev–Trinajstić information content (AvgIpc) is 2.57. The third kappa shape index (κ3) is 5.66. The summed E-state index contributed by atoms with van der Waals surface area (Å²) in [5.74, 6) is 1.13. The monoisotopic (exact) mass is 311 g/mol. The third-order valence-electron chi connectivity index (χ3n) is 3.80. The molecule has 3 N–H and O–H groups in total. The van der Waals surface area contributed by atoms with Crippen molar-refractivity contribution in [2.45, 2.75) is 26.3 Å². The van der Waals surface area contributed by atoms with E-state index in [0.29, 0.717) is 5.75 Å². The van der Waals surface area contributed by atoms with Crippen LogP contribution in [-0.2, 0) is 13.0 Å². The Kier molecular flexibility index (Phi) is 6.48. The molecule has 4 nitrogen and oxygen atoms in total. The highest BCUT2D eigenvalue weighted by Gasteiger charge is 2.00. The molecule has 2 aromatic rings. The van der Waals surface area contributed by atoms with Gasteiger partial charge in [-0.05, 0) is 48.6 Å². The fourth-order valence-electron chi connectivity index (χ4n) is 2.37. The number of aliphatic imine (C=N–C) groups is 1. The van der Waals surface area contributed by atoms with Crippen molar-refractivity contribution in [2.24, 2.45) is 4.99 Å². The number of guanidine groups is 1. The molecule has 0 spiro atoms. The van der Waals surface area contributed by atoms with E-state index in [4.69, 9.17) is 0 Å². The Morgan fingerprint density at radius 3 is 2.48 bits per heavy atom. The van der Waals surface area contributed by atoms with Crippen LogP contribution in [0.4, 0.5) is 0 Å². The van der Waals surface area contributed by atoms with Crippen LogP contribution in [0.1, 0.15) is 23.1 Å². The van der Waals surface area contributed by atoms with Crippen molar-refractivity contribution in [3.05, 3.63) is 65.2 Å². The number of hydrogen-bond acceptors (Lipinski definition) is 2. The van der Waals surface area contributed by atoms with Crippen LogP contribution in [0.25, 0.3) is 0 Å². The van der Waals surface area contributed by atoms with Gasteiger partial charge in [0.1, 0.15) is 5.75 Å². The van der Waals surface area contributed by atoms with Crippen molar-refractivity contribution in [3.63, 3.8) is 0 Å². The van der Waals surface area contributed by atoms with Crippen LogP contribution in [0, 0.1) is 6.92 Å². The summed E-state index contributed by atoms with van der Waals surface area (Å²) in [5, 5.41) is 15.9. The summed E-state index contributed by atoms with van der Waals surface area (Å²) in [7, 11) is 1.78. The van der Waals surface area contributed by atoms with Gasteiger partial charge in [-0.3, -0.25) is 4.99 Å². The van der Waals surface area contributed by atoms with E-state index in [1.165, 1.54) is 16.7 Å². The van der Waals surface area contributed by atoms with Crippen LogP contribution in [0.5, 0.6) is 5.75 Å². The fourth-order valence-corrected chi connectivity index (χ4v) is 2.37. The Labute approximate surface area is 138 Å². The van der Waals surface area contributed by atoms with E-state index in [1.54, 1.807) is 19.2 Å². The predicted octanol–water partition coefficient (Wildman–Crippen LogP) is 3.00. The van der Waals surface area contributed by atoms with E-state index < -0.39 is 0 Å². The zero-order valence-electron chi connectivity index (χ0n) is 13.8. The Bertz CT molecular complexity index is 635. The van der Waals surface area contributed by atoms with Gasteiger partial charge in [-0.15, -0.1) is 0 Å². The molecule has 4 heteroatoms. The molecule has 122 valence electrons. The van der Waals surface area contributed by atoms with Crippen LogP contribution in [0.15, 0.2) is 53.5 Å². The van der Waals surface area contributed by atoms with Crippen molar-refractivity contribution in [3.8, 4) is 5.75 Å². The molecule has 0 saturated heterocycles. The van der Waals surface area contributed by atoms with Gasteiger partial charge in [-0.2, -0.15) is 0 Å². The second-order valence-electron chi connectivity index (χ2n) is 5.55. The summed E-state index contributed by atoms with van der Waals surface area (Å²) >= 11 is 0. The number of phenolic OH excluding ortho intramolecular Hbond substituents is 1. The van der Waals surface area contributed by atoms with E-state index in [-0.39, 0.29) is 0 Å². The summed E-state index contributed by atoms with van der Waals surface area (Å²) in [6.07, 6.45) is 1.98. The summed E-state index contributed by atoms with van der Waals surface area (Å²) in [6, 6.07) is 15.7. The van der Waals surface area contributed by atoms with E-state index in [1.807, 2.05) is 12.1 Å². The first-order valence-electron chi connectivity index (χ1n) is 7.96. The summed E-state index contributed by atoms with van der Waals surface area (Å²) in [5.41, 5.74) is 3.79. The van der Waals surface area contributed by atoms with Crippen molar-refractivity contribution in [1.29, 1.82) is 0 Å². The second-order valence-corrected chi connectivity index (χ2v) is 5.55. The molecule has 0 saturated carbocycles. The minimum atomic E-state index is 0.313. The van der Waals surface area contributed by atoms with Gasteiger partial charge in [0.05, 0.1) is 0 Å². The first-order chi connectivity index (χ1) is 11.2. The number of nitrogens with one attached hydrogen (secondary N) is 2. The Hall–Kier alpha value is -2.49. The quantitative estimate of drug-likeness (QED) is 0.437. The molecule has 0 aliphatic carbocycles. The number of phenols is 1. The first kappa shape index (κ1) is 16.9. The zero-order valence-corrected chi connectivity index (χ0v) is 13.8. The summed E-state index contributed by atoms with van der Waals surface area (Å²) in [4.78, 5) is 4.25. The van der Waals surface area contributed by atoms with Crippen molar-refractivity contribution in [1.82, 2.24) is 10.6 Å². The lowest BCUT2D eigenvalue weighted by Crippen LogP contribution is -2.37. The highest BCUT2D eigenvalue weighted by atomic mass is 16.3. The molecule has 0 heterocycles. The maximum absolute atomic E-state index is 9.27. The molecular weight excluding hydrogens is 286 g/mol. The van der Waals surface area contributed by atoms with Gasteiger partial charge in [0.15, 0.2) is 5.96 Å². The fraction of sp³-hybridized carbons (Fsp3) is 0.316. The minimum Gasteiger partial charge on any atom is -0.508 e. The van der Waals surface area contributed by atoms with Crippen molar-refractivity contribution < 1.29 is 5.11 Å². The number of aromatic hydroxyl groups is 1. The maximum Gasteiger partial charge on any atom is 0.191 e. The molecule has 0 amide bonds. The Balaban J connectivity index is 1.71. The van der Waals surface area contributed by atoms with Crippen molar-refractivity contribution in [2.75, 3.05) is 13.6 Å². The van der Waals surface area contributed by atoms with E-state index in [9.17, 15) is 5.11 Å². The number of nitrogens with zero attached hydrogens (tertiary/aromatic N) is 1. The van der Waals surface area contributed by atoms with Gasteiger partial charge in [0, 0.05) is 20.1 Å². The molecule has 0 bridgehead atoms. The molecule has 0 fully saturated rings. The topological polar surface area (TPSA) is 56.7 Å². The molecule has 0 aliphatic rings. The molecular formula is C19H25N3O. The average molecular weight is 311 g/mol. The van der Waals surface area contributed by atoms with Gasteiger partial charge in [-0.1, -0.05) is 36.4 Å². The molecule has 2 aromatic carbocycles. The van der Waals surface area contributed by atoms with Crippen molar-refractivity contribution >= 4 is 5.96 Å². The Morgan fingerprint density at radius 2 is 1.78 bits per heavy atom. The molecule has 23 heavy (non-hydrogen) atoms. The smallest absolute Gasteiger partial charge is 0.191 e. The number of hydrogen-bond donors (Lipinski definition) is 3. The largest absolute Gasteiger partial charge is 0.508 e. The van der Waals surface area contributed by atoms with Gasteiger partial charge < -0.3 is 15.7 Å². The number of rotatable bonds is 6. The maximum atomic E-state index is 9.27. The lowest BCUT2D eigenvalue weighted by Gasteiger charge is -2.13. The standard InChI is InChI=1S/C19H25N3O/c1-15-6-3-4-8-17(15)14-22-19(20-2)21-13-5-7-16-9-11-18(23)12-10-16/h3-4,6,8-12,23H,5,7,13-14H2,1-2H3,(H2,20,21,22). The lowest BCUT2D eigenvalue weighted by atomic mass is 10.1. The molecule has 0 radical (unpaired) electrons. The van der Waals surface area contributed by atoms with E-state index in [2.05, 4.69) is 46.8 Å². The highest BCUT2D eigenvalue weighted by molar-refractivity contribution is 5.79. The van der Waals surface area contributed by atoms with Gasteiger partial charge in [0.2, 0.25) is 0 Å². The predicted molar refractivity (Wildman–Crippen MR) is 95.8 cm³/mol. The van der Waals surface area contributed by atoms with Crippen LogP contribution in [0.3, 0.4) is 0 Å². The molecule has 2 rings (SSSR count). The van der Waals surface area contributed by atoms with E-state index >= 15 is 0 Å². The van der Waals surface area contributed by atoms with Crippen LogP contribution < -0.4 is 10.6 Å². The second kappa shape index (κ2) is 8.83. The van der Waals surface area contributed by atoms with E-state index in [0.717, 1.165) is 31.9 Å². The highest BCUT2D eigenvalue weighted by Crippen LogP contribution is 2.10. The third-order valence-corrected chi connectivity index (χ3v) is 3.80. The zero-order chi connectivity index (χ0) is 16.5. The summed E-state index contributed by atoms with van der Waals surface area (Å²) < 4.78 is 0. The minimum absolute atomic E-state index is 0.313. The lowest BCUT2D eigenvalue weighted by molar-refractivity contribution is 0.475.